The maximum Gasteiger partial charge on any atom is 0.0992 e. The number of H-pyrrole nitrogens is 1. The number of aryl methyl sites for hydroxylation is 1. The fourth-order valence-corrected chi connectivity index (χ4v) is 3.10. The number of nitrogens with zero attached hydrogens (tertiary/aromatic N) is 2. The first-order chi connectivity index (χ1) is 8.93. The molecule has 1 aliphatic carbocycles. The van der Waals surface area contributed by atoms with Crippen LogP contribution in [-0.2, 0) is 11.2 Å². The Morgan fingerprint density at radius 3 is 3.06 bits per heavy atom. The second kappa shape index (κ2) is 5.85. The van der Waals surface area contributed by atoms with Gasteiger partial charge in [-0.25, -0.2) is 0 Å². The molecule has 1 N–H and O–H groups in total. The molecular weight excluding hydrogens is 226 g/mol. The molecule has 2 heterocycles. The van der Waals surface area contributed by atoms with E-state index in [4.69, 9.17) is 4.74 Å². The molecular formula is C14H23N3O. The fraction of sp³-hybridized carbons (Fsp3) is 0.786. The summed E-state index contributed by atoms with van der Waals surface area (Å²) in [6, 6.07) is 0. The minimum atomic E-state index is 0.251. The van der Waals surface area contributed by atoms with E-state index in [0.717, 1.165) is 26.0 Å². The van der Waals surface area contributed by atoms with Crippen molar-refractivity contribution in [3.8, 4) is 0 Å². The first-order valence-corrected chi connectivity index (χ1v) is 7.29. The molecule has 3 rings (SSSR count). The highest BCUT2D eigenvalue weighted by Crippen LogP contribution is 2.30. The number of ether oxygens (including phenoxy) is 1. The Balaban J connectivity index is 1.46. The fourth-order valence-electron chi connectivity index (χ4n) is 3.10. The molecule has 1 fully saturated rings. The van der Waals surface area contributed by atoms with E-state index >= 15 is 0 Å². The minimum Gasteiger partial charge on any atom is -0.371 e. The van der Waals surface area contributed by atoms with Gasteiger partial charge in [0.25, 0.3) is 0 Å². The summed E-state index contributed by atoms with van der Waals surface area (Å²) < 4.78 is 6.06. The van der Waals surface area contributed by atoms with Crippen LogP contribution in [0.5, 0.6) is 0 Å². The second-order valence-electron chi connectivity index (χ2n) is 5.46. The van der Waals surface area contributed by atoms with Crippen molar-refractivity contribution in [1.82, 2.24) is 15.1 Å². The summed E-state index contributed by atoms with van der Waals surface area (Å²) in [6.07, 6.45) is 9.82. The maximum atomic E-state index is 6.06. The normalized spacial score (nSPS) is 25.0. The Kier molecular flexibility index (Phi) is 3.96. The van der Waals surface area contributed by atoms with E-state index in [-0.39, 0.29) is 6.10 Å². The average Bonchev–Trinajstić information content (AvgIpc) is 2.89. The number of likely N-dealkylation sites (tertiary alicyclic amines) is 1. The minimum absolute atomic E-state index is 0.251. The smallest absolute Gasteiger partial charge is 0.0992 e. The molecule has 1 aromatic heterocycles. The average molecular weight is 249 g/mol. The van der Waals surface area contributed by atoms with Gasteiger partial charge in [-0.3, -0.25) is 5.10 Å². The molecule has 100 valence electrons. The number of aromatic amines is 1. The monoisotopic (exact) mass is 249 g/mol. The lowest BCUT2D eigenvalue weighted by molar-refractivity contribution is 0.0214. The van der Waals surface area contributed by atoms with Crippen LogP contribution < -0.4 is 0 Å². The Bertz CT molecular complexity index is 371. The summed E-state index contributed by atoms with van der Waals surface area (Å²) >= 11 is 0. The Labute approximate surface area is 109 Å². The highest BCUT2D eigenvalue weighted by molar-refractivity contribution is 5.21. The van der Waals surface area contributed by atoms with Crippen molar-refractivity contribution in [2.24, 2.45) is 0 Å². The number of hydrogen-bond acceptors (Lipinski definition) is 3. The van der Waals surface area contributed by atoms with E-state index < -0.39 is 0 Å². The summed E-state index contributed by atoms with van der Waals surface area (Å²) in [4.78, 5) is 2.53. The topological polar surface area (TPSA) is 41.1 Å². The van der Waals surface area contributed by atoms with E-state index in [1.165, 1.54) is 50.0 Å². The van der Waals surface area contributed by atoms with Crippen molar-refractivity contribution < 1.29 is 4.74 Å². The van der Waals surface area contributed by atoms with Crippen molar-refractivity contribution in [3.63, 3.8) is 0 Å². The third-order valence-corrected chi connectivity index (χ3v) is 4.16. The zero-order valence-electron chi connectivity index (χ0n) is 11.0. The van der Waals surface area contributed by atoms with E-state index in [1.54, 1.807) is 0 Å². The molecule has 4 heteroatoms. The van der Waals surface area contributed by atoms with Crippen LogP contribution in [0, 0.1) is 0 Å². The quantitative estimate of drug-likeness (QED) is 0.890. The molecule has 0 unspecified atom stereocenters. The molecule has 1 atom stereocenters. The standard InChI is InChI=1S/C14H23N3O/c1-2-7-17(8-3-1)9-10-18-13-6-4-5-12-11-15-16-14(12)13/h11,13H,1-10H2,(H,15,16)/t13-/m0/s1. The summed E-state index contributed by atoms with van der Waals surface area (Å²) in [5, 5.41) is 7.24. The zero-order valence-corrected chi connectivity index (χ0v) is 11.0. The van der Waals surface area contributed by atoms with Crippen LogP contribution in [0.4, 0.5) is 0 Å². The molecule has 0 radical (unpaired) electrons. The van der Waals surface area contributed by atoms with Crippen molar-refractivity contribution in [1.29, 1.82) is 0 Å². The van der Waals surface area contributed by atoms with E-state index in [2.05, 4.69) is 15.1 Å². The van der Waals surface area contributed by atoms with Gasteiger partial charge in [-0.05, 0) is 50.8 Å². The third kappa shape index (κ3) is 2.75. The number of hydrogen-bond donors (Lipinski definition) is 1. The van der Waals surface area contributed by atoms with Crippen LogP contribution in [0.2, 0.25) is 0 Å². The van der Waals surface area contributed by atoms with Crippen molar-refractivity contribution in [2.45, 2.75) is 44.6 Å². The van der Waals surface area contributed by atoms with Gasteiger partial charge in [0.15, 0.2) is 0 Å². The van der Waals surface area contributed by atoms with Crippen LogP contribution in [-0.4, -0.2) is 41.3 Å². The Hall–Kier alpha value is -0.870. The molecule has 18 heavy (non-hydrogen) atoms. The van der Waals surface area contributed by atoms with Gasteiger partial charge in [0.2, 0.25) is 0 Å². The third-order valence-electron chi connectivity index (χ3n) is 4.16. The summed E-state index contributed by atoms with van der Waals surface area (Å²) in [7, 11) is 0. The van der Waals surface area contributed by atoms with Gasteiger partial charge >= 0.3 is 0 Å². The molecule has 0 saturated carbocycles. The largest absolute Gasteiger partial charge is 0.371 e. The predicted molar refractivity (Wildman–Crippen MR) is 70.5 cm³/mol. The van der Waals surface area contributed by atoms with Crippen molar-refractivity contribution in [3.05, 3.63) is 17.5 Å². The highest BCUT2D eigenvalue weighted by atomic mass is 16.5. The van der Waals surface area contributed by atoms with E-state index in [9.17, 15) is 0 Å². The Morgan fingerprint density at radius 1 is 1.28 bits per heavy atom. The van der Waals surface area contributed by atoms with Crippen LogP contribution in [0.3, 0.4) is 0 Å². The summed E-state index contributed by atoms with van der Waals surface area (Å²) in [5.41, 5.74) is 2.57. The summed E-state index contributed by atoms with van der Waals surface area (Å²) in [6.45, 7) is 4.44. The summed E-state index contributed by atoms with van der Waals surface area (Å²) in [5.74, 6) is 0. The van der Waals surface area contributed by atoms with Crippen LogP contribution in [0.1, 0.15) is 49.5 Å². The lowest BCUT2D eigenvalue weighted by atomic mass is 9.96. The number of aromatic nitrogens is 2. The molecule has 0 spiro atoms. The lowest BCUT2D eigenvalue weighted by Gasteiger charge is -2.28. The number of piperidine rings is 1. The van der Waals surface area contributed by atoms with E-state index in [0.29, 0.717) is 0 Å². The predicted octanol–water partition coefficient (Wildman–Crippen LogP) is 2.29. The first kappa shape index (κ1) is 12.2. The molecule has 1 saturated heterocycles. The van der Waals surface area contributed by atoms with Gasteiger partial charge in [-0.1, -0.05) is 6.42 Å². The van der Waals surface area contributed by atoms with Crippen molar-refractivity contribution >= 4 is 0 Å². The van der Waals surface area contributed by atoms with E-state index in [1.807, 2.05) is 6.20 Å². The SMILES string of the molecule is c1n[nH]c2c1CCC[C@@H]2OCCN1CCCCC1. The second-order valence-corrected chi connectivity index (χ2v) is 5.46. The number of nitrogens with one attached hydrogen (secondary N) is 1. The molecule has 1 aromatic rings. The van der Waals surface area contributed by atoms with Gasteiger partial charge < -0.3 is 9.64 Å². The number of rotatable bonds is 4. The van der Waals surface area contributed by atoms with Gasteiger partial charge in [0, 0.05) is 6.54 Å². The first-order valence-electron chi connectivity index (χ1n) is 7.29. The zero-order chi connectivity index (χ0) is 12.2. The number of fused-ring (bicyclic) bond motifs is 1. The van der Waals surface area contributed by atoms with Crippen LogP contribution in [0.25, 0.3) is 0 Å². The molecule has 0 bridgehead atoms. The van der Waals surface area contributed by atoms with Gasteiger partial charge in [0.1, 0.15) is 0 Å². The molecule has 4 nitrogen and oxygen atoms in total. The highest BCUT2D eigenvalue weighted by Gasteiger charge is 2.22. The van der Waals surface area contributed by atoms with Crippen LogP contribution >= 0.6 is 0 Å². The lowest BCUT2D eigenvalue weighted by Crippen LogP contribution is -2.33. The van der Waals surface area contributed by atoms with Crippen molar-refractivity contribution in [2.75, 3.05) is 26.2 Å². The molecule has 2 aliphatic rings. The Morgan fingerprint density at radius 2 is 2.17 bits per heavy atom. The maximum absolute atomic E-state index is 6.06. The molecule has 0 amide bonds. The molecule has 0 aromatic carbocycles. The van der Waals surface area contributed by atoms with Gasteiger partial charge in [-0.2, -0.15) is 5.10 Å². The van der Waals surface area contributed by atoms with Gasteiger partial charge in [0.05, 0.1) is 24.6 Å². The van der Waals surface area contributed by atoms with Crippen LogP contribution in [0.15, 0.2) is 6.20 Å². The molecule has 1 aliphatic heterocycles. The van der Waals surface area contributed by atoms with Gasteiger partial charge in [-0.15, -0.1) is 0 Å².